The fraction of sp³-hybridized carbons (Fsp3) is 0.833. The maximum absolute atomic E-state index is 12.2. The molecule has 1 fully saturated rings. The van der Waals surface area contributed by atoms with Crippen LogP contribution in [0.25, 0.3) is 0 Å². The zero-order valence-electron chi connectivity index (χ0n) is 18.2. The van der Waals surface area contributed by atoms with Crippen LogP contribution in [0.5, 0.6) is 0 Å². The normalized spacial score (nSPS) is 16.4. The SMILES string of the molecule is CCCCCC=C(C)C(CCCCCCCCCCC)N1C(=O)CCC1=O. The molecule has 3 heteroatoms. The molecule has 0 spiro atoms. The second kappa shape index (κ2) is 14.9. The number of hydrogen-bond acceptors (Lipinski definition) is 2. The molecule has 0 bridgehead atoms. The molecular weight excluding hydrogens is 334 g/mol. The summed E-state index contributed by atoms with van der Waals surface area (Å²) in [4.78, 5) is 26.1. The van der Waals surface area contributed by atoms with Gasteiger partial charge in [-0.2, -0.15) is 0 Å². The molecule has 1 rings (SSSR count). The van der Waals surface area contributed by atoms with E-state index in [1.807, 2.05) is 0 Å². The van der Waals surface area contributed by atoms with Gasteiger partial charge in [0.25, 0.3) is 0 Å². The Morgan fingerprint density at radius 2 is 1.30 bits per heavy atom. The molecular formula is C24H43NO2. The Morgan fingerprint density at radius 1 is 0.815 bits per heavy atom. The van der Waals surface area contributed by atoms with E-state index in [1.54, 1.807) is 4.90 Å². The molecule has 27 heavy (non-hydrogen) atoms. The van der Waals surface area contributed by atoms with Crippen molar-refractivity contribution in [2.24, 2.45) is 0 Å². The van der Waals surface area contributed by atoms with Crippen molar-refractivity contribution in [3.63, 3.8) is 0 Å². The number of carbonyl (C=O) groups is 2. The molecule has 1 saturated heterocycles. The van der Waals surface area contributed by atoms with Crippen molar-refractivity contribution in [1.29, 1.82) is 0 Å². The molecule has 0 aromatic heterocycles. The number of imide groups is 1. The molecule has 1 heterocycles. The van der Waals surface area contributed by atoms with Crippen molar-refractivity contribution < 1.29 is 9.59 Å². The summed E-state index contributed by atoms with van der Waals surface area (Å²) in [5, 5.41) is 0. The maximum Gasteiger partial charge on any atom is 0.230 e. The third-order valence-corrected chi connectivity index (χ3v) is 5.78. The topological polar surface area (TPSA) is 37.4 Å². The number of allylic oxidation sites excluding steroid dienone is 1. The lowest BCUT2D eigenvalue weighted by Gasteiger charge is -2.27. The molecule has 156 valence electrons. The maximum atomic E-state index is 12.2. The van der Waals surface area contributed by atoms with E-state index < -0.39 is 0 Å². The molecule has 0 saturated carbocycles. The first-order valence-electron chi connectivity index (χ1n) is 11.6. The highest BCUT2D eigenvalue weighted by atomic mass is 16.2. The molecule has 0 aromatic carbocycles. The Kier molecular flexibility index (Phi) is 13.2. The monoisotopic (exact) mass is 377 g/mol. The summed E-state index contributed by atoms with van der Waals surface area (Å²) in [6.07, 6.45) is 20.4. The summed E-state index contributed by atoms with van der Waals surface area (Å²) in [5.41, 5.74) is 1.22. The standard InChI is InChI=1S/C24H43NO2/c1-4-6-8-10-11-12-13-14-16-18-22(21(3)17-15-9-7-5-2)25-23(26)19-20-24(25)27/h17,22H,4-16,18-20H2,1-3H3. The van der Waals surface area contributed by atoms with Gasteiger partial charge in [0.2, 0.25) is 11.8 Å². The van der Waals surface area contributed by atoms with Crippen LogP contribution in [0.1, 0.15) is 124 Å². The number of amides is 2. The Bertz CT molecular complexity index is 439. The first-order chi connectivity index (χ1) is 13.1. The molecule has 3 nitrogen and oxygen atoms in total. The van der Waals surface area contributed by atoms with Crippen LogP contribution < -0.4 is 0 Å². The third kappa shape index (κ3) is 9.58. The first kappa shape index (κ1) is 23.9. The zero-order chi connectivity index (χ0) is 19.9. The average Bonchev–Trinajstić information content (AvgIpc) is 2.99. The summed E-state index contributed by atoms with van der Waals surface area (Å²) in [5.74, 6) is 0.0597. The highest BCUT2D eigenvalue weighted by Crippen LogP contribution is 2.25. The lowest BCUT2D eigenvalue weighted by atomic mass is 9.97. The van der Waals surface area contributed by atoms with Crippen LogP contribution in [-0.2, 0) is 9.59 Å². The minimum Gasteiger partial charge on any atom is -0.275 e. The van der Waals surface area contributed by atoms with E-state index in [-0.39, 0.29) is 17.9 Å². The van der Waals surface area contributed by atoms with Crippen LogP contribution in [0.3, 0.4) is 0 Å². The van der Waals surface area contributed by atoms with Gasteiger partial charge >= 0.3 is 0 Å². The predicted molar refractivity (Wildman–Crippen MR) is 115 cm³/mol. The molecule has 1 aliphatic heterocycles. The fourth-order valence-corrected chi connectivity index (χ4v) is 4.01. The summed E-state index contributed by atoms with van der Waals surface area (Å²) >= 11 is 0. The fourth-order valence-electron chi connectivity index (χ4n) is 4.01. The highest BCUT2D eigenvalue weighted by molar-refractivity contribution is 6.02. The molecule has 1 aliphatic rings. The van der Waals surface area contributed by atoms with Crippen LogP contribution in [0.4, 0.5) is 0 Å². The smallest absolute Gasteiger partial charge is 0.230 e. The number of likely N-dealkylation sites (tertiary alicyclic amines) is 1. The van der Waals surface area contributed by atoms with Gasteiger partial charge in [0, 0.05) is 12.8 Å². The van der Waals surface area contributed by atoms with E-state index in [9.17, 15) is 9.59 Å². The van der Waals surface area contributed by atoms with Crippen LogP contribution in [0.15, 0.2) is 11.6 Å². The molecule has 0 aliphatic carbocycles. The zero-order valence-corrected chi connectivity index (χ0v) is 18.2. The Labute approximate surface area is 168 Å². The third-order valence-electron chi connectivity index (χ3n) is 5.78. The van der Waals surface area contributed by atoms with Crippen molar-refractivity contribution in [1.82, 2.24) is 4.90 Å². The molecule has 1 atom stereocenters. The lowest BCUT2D eigenvalue weighted by molar-refractivity contribution is -0.140. The van der Waals surface area contributed by atoms with Gasteiger partial charge in [-0.3, -0.25) is 14.5 Å². The van der Waals surface area contributed by atoms with Crippen LogP contribution in [0, 0.1) is 0 Å². The van der Waals surface area contributed by atoms with Crippen LogP contribution in [-0.4, -0.2) is 22.8 Å². The van der Waals surface area contributed by atoms with Gasteiger partial charge in [0.05, 0.1) is 6.04 Å². The highest BCUT2D eigenvalue weighted by Gasteiger charge is 2.35. The first-order valence-corrected chi connectivity index (χ1v) is 11.6. The van der Waals surface area contributed by atoms with Crippen molar-refractivity contribution in [2.45, 2.75) is 130 Å². The van der Waals surface area contributed by atoms with E-state index in [0.29, 0.717) is 12.8 Å². The number of rotatable bonds is 16. The number of hydrogen-bond donors (Lipinski definition) is 0. The largest absolute Gasteiger partial charge is 0.275 e. The quantitative estimate of drug-likeness (QED) is 0.166. The summed E-state index contributed by atoms with van der Waals surface area (Å²) in [6, 6.07) is -0.00122. The van der Waals surface area contributed by atoms with Gasteiger partial charge in [0.15, 0.2) is 0 Å². The molecule has 2 amide bonds. The van der Waals surface area contributed by atoms with Crippen molar-refractivity contribution in [2.75, 3.05) is 0 Å². The molecule has 0 radical (unpaired) electrons. The van der Waals surface area contributed by atoms with E-state index in [1.165, 1.54) is 76.2 Å². The number of carbonyl (C=O) groups excluding carboxylic acids is 2. The second-order valence-corrected chi connectivity index (χ2v) is 8.23. The van der Waals surface area contributed by atoms with Crippen LogP contribution >= 0.6 is 0 Å². The van der Waals surface area contributed by atoms with E-state index in [2.05, 4.69) is 26.8 Å². The molecule has 0 N–H and O–H groups in total. The van der Waals surface area contributed by atoms with Gasteiger partial charge in [-0.05, 0) is 26.2 Å². The van der Waals surface area contributed by atoms with Crippen LogP contribution in [0.2, 0.25) is 0 Å². The minimum atomic E-state index is -0.00122. The van der Waals surface area contributed by atoms with Gasteiger partial charge in [-0.25, -0.2) is 0 Å². The Morgan fingerprint density at radius 3 is 1.85 bits per heavy atom. The number of unbranched alkanes of at least 4 members (excludes halogenated alkanes) is 11. The predicted octanol–water partition coefficient (Wildman–Crippen LogP) is 6.95. The van der Waals surface area contributed by atoms with E-state index in [4.69, 9.17) is 0 Å². The summed E-state index contributed by atoms with van der Waals surface area (Å²) in [6.45, 7) is 6.58. The van der Waals surface area contributed by atoms with E-state index >= 15 is 0 Å². The summed E-state index contributed by atoms with van der Waals surface area (Å²) in [7, 11) is 0. The van der Waals surface area contributed by atoms with Crippen molar-refractivity contribution in [3.8, 4) is 0 Å². The van der Waals surface area contributed by atoms with Crippen molar-refractivity contribution >= 4 is 11.8 Å². The minimum absolute atomic E-state index is 0.00122. The number of nitrogens with zero attached hydrogens (tertiary/aromatic N) is 1. The average molecular weight is 378 g/mol. The van der Waals surface area contributed by atoms with Gasteiger partial charge in [-0.1, -0.05) is 96.1 Å². The Hall–Kier alpha value is -1.12. The summed E-state index contributed by atoms with van der Waals surface area (Å²) < 4.78 is 0. The van der Waals surface area contributed by atoms with Gasteiger partial charge in [0.1, 0.15) is 0 Å². The second-order valence-electron chi connectivity index (χ2n) is 8.23. The lowest BCUT2D eigenvalue weighted by Crippen LogP contribution is -2.40. The van der Waals surface area contributed by atoms with Gasteiger partial charge < -0.3 is 0 Å². The van der Waals surface area contributed by atoms with Gasteiger partial charge in [-0.15, -0.1) is 0 Å². The van der Waals surface area contributed by atoms with E-state index in [0.717, 1.165) is 19.3 Å². The Balaban J connectivity index is 2.43. The van der Waals surface area contributed by atoms with Crippen molar-refractivity contribution in [3.05, 3.63) is 11.6 Å². The molecule has 1 unspecified atom stereocenters. The molecule has 0 aromatic rings.